The fourth-order valence-electron chi connectivity index (χ4n) is 2.39. The number of carbonyl (C=O) groups is 1. The van der Waals surface area contributed by atoms with E-state index in [1.54, 1.807) is 26.4 Å². The van der Waals surface area contributed by atoms with Crippen LogP contribution in [0.15, 0.2) is 42.5 Å². The number of nitrogens with two attached hydrogens (primary N) is 1. The van der Waals surface area contributed by atoms with Crippen LogP contribution in [-0.4, -0.2) is 20.1 Å². The molecule has 0 aliphatic heterocycles. The van der Waals surface area contributed by atoms with Gasteiger partial charge in [0.15, 0.2) is 11.5 Å². The summed E-state index contributed by atoms with van der Waals surface area (Å²) < 4.78 is 10.6. The normalized spacial score (nSPS) is 11.8. The molecular formula is C17H18ClNO3. The van der Waals surface area contributed by atoms with Crippen molar-refractivity contribution in [1.29, 1.82) is 0 Å². The Morgan fingerprint density at radius 3 is 2.18 bits per heavy atom. The van der Waals surface area contributed by atoms with Gasteiger partial charge >= 0.3 is 0 Å². The average molecular weight is 320 g/mol. The molecule has 1 unspecified atom stereocenters. The van der Waals surface area contributed by atoms with Gasteiger partial charge in [0.1, 0.15) is 0 Å². The number of carbonyl (C=O) groups excluding carboxylic acids is 1. The first kappa shape index (κ1) is 16.2. The molecule has 5 heteroatoms. The number of methoxy groups -OCH3 is 2. The molecule has 0 aliphatic carbocycles. The van der Waals surface area contributed by atoms with E-state index < -0.39 is 0 Å². The van der Waals surface area contributed by atoms with Crippen molar-refractivity contribution in [3.63, 3.8) is 0 Å². The minimum Gasteiger partial charge on any atom is -0.493 e. The van der Waals surface area contributed by atoms with Gasteiger partial charge in [-0.3, -0.25) is 4.79 Å². The molecule has 0 aliphatic rings. The van der Waals surface area contributed by atoms with Crippen molar-refractivity contribution in [1.82, 2.24) is 0 Å². The molecule has 0 spiro atoms. The molecule has 1 atom stereocenters. The van der Waals surface area contributed by atoms with Gasteiger partial charge in [0.2, 0.25) is 5.91 Å². The quantitative estimate of drug-likeness (QED) is 0.888. The van der Waals surface area contributed by atoms with Crippen LogP contribution in [0.4, 0.5) is 0 Å². The number of rotatable bonds is 6. The molecule has 0 saturated carbocycles. The Balaban J connectivity index is 2.45. The van der Waals surface area contributed by atoms with Crippen molar-refractivity contribution >= 4 is 17.5 Å². The summed E-state index contributed by atoms with van der Waals surface area (Å²) in [6.07, 6.45) is 0.205. The third-order valence-corrected chi connectivity index (χ3v) is 3.74. The van der Waals surface area contributed by atoms with E-state index in [4.69, 9.17) is 26.8 Å². The third-order valence-electron chi connectivity index (χ3n) is 3.49. The van der Waals surface area contributed by atoms with Crippen molar-refractivity contribution < 1.29 is 14.3 Å². The number of halogens is 1. The van der Waals surface area contributed by atoms with Crippen LogP contribution in [0.1, 0.15) is 23.5 Å². The zero-order chi connectivity index (χ0) is 16.1. The standard InChI is InChI=1S/C17H18ClNO3/c1-21-15-8-5-12(9-16(15)22-2)14(10-17(19)20)11-3-6-13(18)7-4-11/h3-9,14H,10H2,1-2H3,(H2,19,20). The Kier molecular flexibility index (Phi) is 5.28. The van der Waals surface area contributed by atoms with Gasteiger partial charge in [0, 0.05) is 17.4 Å². The molecule has 0 bridgehead atoms. The lowest BCUT2D eigenvalue weighted by molar-refractivity contribution is -0.118. The molecule has 1 amide bonds. The van der Waals surface area contributed by atoms with E-state index in [0.29, 0.717) is 16.5 Å². The monoisotopic (exact) mass is 319 g/mol. The Morgan fingerprint density at radius 2 is 1.64 bits per heavy atom. The van der Waals surface area contributed by atoms with E-state index in [1.807, 2.05) is 30.3 Å². The summed E-state index contributed by atoms with van der Waals surface area (Å²) in [5, 5.41) is 0.647. The van der Waals surface area contributed by atoms with E-state index in [2.05, 4.69) is 0 Å². The second kappa shape index (κ2) is 7.18. The highest BCUT2D eigenvalue weighted by Gasteiger charge is 2.19. The van der Waals surface area contributed by atoms with Gasteiger partial charge in [-0.25, -0.2) is 0 Å². The SMILES string of the molecule is COc1ccc(C(CC(N)=O)c2ccc(Cl)cc2)cc1OC. The average Bonchev–Trinajstić information content (AvgIpc) is 2.52. The summed E-state index contributed by atoms with van der Waals surface area (Å²) in [5.41, 5.74) is 7.30. The first-order chi connectivity index (χ1) is 10.5. The molecule has 0 fully saturated rings. The lowest BCUT2D eigenvalue weighted by Crippen LogP contribution is -2.16. The van der Waals surface area contributed by atoms with Crippen LogP contribution in [0, 0.1) is 0 Å². The molecule has 2 N–H and O–H groups in total. The van der Waals surface area contributed by atoms with Crippen LogP contribution in [0.5, 0.6) is 11.5 Å². The lowest BCUT2D eigenvalue weighted by Gasteiger charge is -2.18. The molecule has 116 valence electrons. The molecule has 0 heterocycles. The lowest BCUT2D eigenvalue weighted by atomic mass is 9.88. The summed E-state index contributed by atoms with van der Waals surface area (Å²) in [7, 11) is 3.16. The van der Waals surface area contributed by atoms with Gasteiger partial charge in [0.05, 0.1) is 14.2 Å². The Bertz CT molecular complexity index is 655. The number of hydrogen-bond acceptors (Lipinski definition) is 3. The Hall–Kier alpha value is -2.20. The van der Waals surface area contributed by atoms with Crippen LogP contribution >= 0.6 is 11.6 Å². The molecule has 22 heavy (non-hydrogen) atoms. The van der Waals surface area contributed by atoms with Crippen molar-refractivity contribution in [2.45, 2.75) is 12.3 Å². The third kappa shape index (κ3) is 3.71. The van der Waals surface area contributed by atoms with Crippen molar-refractivity contribution in [3.8, 4) is 11.5 Å². The highest BCUT2D eigenvalue weighted by Crippen LogP contribution is 2.35. The maximum absolute atomic E-state index is 11.4. The number of benzene rings is 2. The van der Waals surface area contributed by atoms with Gasteiger partial charge in [-0.1, -0.05) is 29.8 Å². The summed E-state index contributed by atoms with van der Waals surface area (Å²) >= 11 is 5.93. The zero-order valence-electron chi connectivity index (χ0n) is 12.5. The minimum absolute atomic E-state index is 0.158. The van der Waals surface area contributed by atoms with E-state index in [1.165, 1.54) is 0 Å². The van der Waals surface area contributed by atoms with Crippen LogP contribution in [-0.2, 0) is 4.79 Å². The summed E-state index contributed by atoms with van der Waals surface area (Å²) in [6.45, 7) is 0. The second-order valence-corrected chi connectivity index (χ2v) is 5.33. The minimum atomic E-state index is -0.366. The fraction of sp³-hybridized carbons (Fsp3) is 0.235. The largest absolute Gasteiger partial charge is 0.493 e. The topological polar surface area (TPSA) is 61.5 Å². The highest BCUT2D eigenvalue weighted by atomic mass is 35.5. The van der Waals surface area contributed by atoms with Gasteiger partial charge < -0.3 is 15.2 Å². The predicted octanol–water partition coefficient (Wildman–Crippen LogP) is 3.36. The van der Waals surface area contributed by atoms with Crippen LogP contribution < -0.4 is 15.2 Å². The van der Waals surface area contributed by atoms with Gasteiger partial charge in [-0.05, 0) is 35.4 Å². The first-order valence-corrected chi connectivity index (χ1v) is 7.18. The molecule has 0 radical (unpaired) electrons. The molecule has 0 aromatic heterocycles. The summed E-state index contributed by atoms with van der Waals surface area (Å²) in [4.78, 5) is 11.4. The molecule has 2 aromatic carbocycles. The van der Waals surface area contributed by atoms with Crippen molar-refractivity contribution in [2.24, 2.45) is 5.73 Å². The maximum atomic E-state index is 11.4. The molecule has 2 aromatic rings. The van der Waals surface area contributed by atoms with Crippen molar-refractivity contribution in [3.05, 3.63) is 58.6 Å². The number of amides is 1. The predicted molar refractivity (Wildman–Crippen MR) is 86.7 cm³/mol. The Labute approximate surface area is 134 Å². The summed E-state index contributed by atoms with van der Waals surface area (Å²) in [5.74, 6) is 0.730. The zero-order valence-corrected chi connectivity index (χ0v) is 13.3. The van der Waals surface area contributed by atoms with Crippen LogP contribution in [0.3, 0.4) is 0 Å². The van der Waals surface area contributed by atoms with E-state index in [-0.39, 0.29) is 18.2 Å². The van der Waals surface area contributed by atoms with Gasteiger partial charge in [0.25, 0.3) is 0 Å². The van der Waals surface area contributed by atoms with E-state index >= 15 is 0 Å². The fourth-order valence-corrected chi connectivity index (χ4v) is 2.52. The number of ether oxygens (including phenoxy) is 2. The van der Waals surface area contributed by atoms with Crippen LogP contribution in [0.2, 0.25) is 5.02 Å². The first-order valence-electron chi connectivity index (χ1n) is 6.81. The van der Waals surface area contributed by atoms with Crippen molar-refractivity contribution in [2.75, 3.05) is 14.2 Å². The molecule has 4 nitrogen and oxygen atoms in total. The smallest absolute Gasteiger partial charge is 0.218 e. The van der Waals surface area contributed by atoms with E-state index in [9.17, 15) is 4.79 Å². The maximum Gasteiger partial charge on any atom is 0.218 e. The molecule has 2 rings (SSSR count). The molecular weight excluding hydrogens is 302 g/mol. The molecule has 0 saturated heterocycles. The number of primary amides is 1. The van der Waals surface area contributed by atoms with Crippen LogP contribution in [0.25, 0.3) is 0 Å². The van der Waals surface area contributed by atoms with Gasteiger partial charge in [-0.15, -0.1) is 0 Å². The highest BCUT2D eigenvalue weighted by molar-refractivity contribution is 6.30. The van der Waals surface area contributed by atoms with E-state index in [0.717, 1.165) is 11.1 Å². The Morgan fingerprint density at radius 1 is 1.05 bits per heavy atom. The summed E-state index contributed by atoms with van der Waals surface area (Å²) in [6, 6.07) is 13.0. The van der Waals surface area contributed by atoms with Gasteiger partial charge in [-0.2, -0.15) is 0 Å². The number of hydrogen-bond donors (Lipinski definition) is 1. The second-order valence-electron chi connectivity index (χ2n) is 4.89.